The van der Waals surface area contributed by atoms with E-state index in [1.165, 1.54) is 20.3 Å². The molecule has 11 heteroatoms. The van der Waals surface area contributed by atoms with Gasteiger partial charge in [0.25, 0.3) is 0 Å². The summed E-state index contributed by atoms with van der Waals surface area (Å²) in [6, 6.07) is 2.42. The molecule has 3 atom stereocenters. The third-order valence-corrected chi connectivity index (χ3v) is 6.13. The van der Waals surface area contributed by atoms with Crippen LogP contribution in [0, 0.1) is 22.0 Å². The molecule has 1 aliphatic carbocycles. The Morgan fingerprint density at radius 3 is 2.46 bits per heavy atom. The highest BCUT2D eigenvalue weighted by atomic mass is 16.6. The molecule has 35 heavy (non-hydrogen) atoms. The first kappa shape index (κ1) is 25.7. The summed E-state index contributed by atoms with van der Waals surface area (Å²) in [5, 5.41) is 25.0. The van der Waals surface area contributed by atoms with Crippen molar-refractivity contribution < 1.29 is 38.6 Å². The highest BCUT2D eigenvalue weighted by Crippen LogP contribution is 2.48. The number of esters is 2. The van der Waals surface area contributed by atoms with Crippen LogP contribution in [0.2, 0.25) is 0 Å². The van der Waals surface area contributed by atoms with Crippen LogP contribution in [-0.4, -0.2) is 48.1 Å². The second kappa shape index (κ2) is 9.77. The lowest BCUT2D eigenvalue weighted by atomic mass is 9.69. The lowest BCUT2D eigenvalue weighted by Gasteiger charge is -2.38. The number of carbonyl (C=O) groups is 3. The van der Waals surface area contributed by atoms with Crippen molar-refractivity contribution in [2.24, 2.45) is 11.8 Å². The first-order valence-electron chi connectivity index (χ1n) is 11.0. The van der Waals surface area contributed by atoms with Crippen molar-refractivity contribution in [1.82, 2.24) is 5.32 Å². The van der Waals surface area contributed by atoms with E-state index in [1.807, 2.05) is 0 Å². The number of carbonyl (C=O) groups excluding carboxylic acids is 3. The van der Waals surface area contributed by atoms with Crippen LogP contribution in [0.5, 0.6) is 11.5 Å². The molecule has 0 unspecified atom stereocenters. The number of allylic oxidation sites excluding steroid dienone is 3. The van der Waals surface area contributed by atoms with Crippen molar-refractivity contribution in [3.63, 3.8) is 0 Å². The van der Waals surface area contributed by atoms with E-state index < -0.39 is 52.0 Å². The Balaban J connectivity index is 2.32. The lowest BCUT2D eigenvalue weighted by Crippen LogP contribution is -2.43. The van der Waals surface area contributed by atoms with Gasteiger partial charge in [0.1, 0.15) is 5.92 Å². The smallest absolute Gasteiger partial charge is 0.337 e. The van der Waals surface area contributed by atoms with Crippen LogP contribution >= 0.6 is 0 Å². The Bertz CT molecular complexity index is 1170. The third-order valence-electron chi connectivity index (χ3n) is 6.13. The number of phenols is 1. The summed E-state index contributed by atoms with van der Waals surface area (Å²) >= 11 is 0. The van der Waals surface area contributed by atoms with E-state index in [-0.39, 0.29) is 28.4 Å². The summed E-state index contributed by atoms with van der Waals surface area (Å²) < 4.78 is 15.4. The fourth-order valence-electron chi connectivity index (χ4n) is 4.64. The minimum absolute atomic E-state index is 0.0611. The molecule has 1 heterocycles. The number of benzene rings is 1. The molecule has 0 saturated carbocycles. The van der Waals surface area contributed by atoms with E-state index in [2.05, 4.69) is 5.32 Å². The number of nitro benzene ring substituents is 1. The van der Waals surface area contributed by atoms with Gasteiger partial charge in [0.15, 0.2) is 11.5 Å². The van der Waals surface area contributed by atoms with Crippen molar-refractivity contribution in [3.8, 4) is 11.5 Å². The number of nitrogens with zero attached hydrogens (tertiary/aromatic N) is 1. The molecule has 1 aromatic carbocycles. The van der Waals surface area contributed by atoms with Crippen LogP contribution in [0.3, 0.4) is 0 Å². The summed E-state index contributed by atoms with van der Waals surface area (Å²) in [4.78, 5) is 50.3. The molecule has 11 nitrogen and oxygen atoms in total. The summed E-state index contributed by atoms with van der Waals surface area (Å²) in [5.41, 5.74) is 0.580. The first-order valence-corrected chi connectivity index (χ1v) is 11.0. The standard InChI is InChI=1S/C24H28N2O9/c1-10(2)35-24(30)18-12(4)25-14-7-11(3)17(23(29)34-6)22(28)20(14)19(18)13-8-15(26(31)32)21(27)16(9-13)33-5/h8-11,17,19,25,27H,7H2,1-6H3/t11-,17-,19-/m0/s1. The molecule has 0 radical (unpaired) electrons. The van der Waals surface area contributed by atoms with Crippen molar-refractivity contribution in [3.05, 3.63) is 50.4 Å². The molecular formula is C24H28N2O9. The molecule has 0 spiro atoms. The maximum absolute atomic E-state index is 13.7. The Morgan fingerprint density at radius 2 is 1.91 bits per heavy atom. The number of rotatable bonds is 6. The maximum Gasteiger partial charge on any atom is 0.337 e. The highest BCUT2D eigenvalue weighted by Gasteiger charge is 2.47. The van der Waals surface area contributed by atoms with Gasteiger partial charge in [-0.15, -0.1) is 0 Å². The van der Waals surface area contributed by atoms with E-state index >= 15 is 0 Å². The summed E-state index contributed by atoms with van der Waals surface area (Å²) in [6.45, 7) is 6.72. The van der Waals surface area contributed by atoms with E-state index in [4.69, 9.17) is 14.2 Å². The molecule has 3 rings (SSSR count). The zero-order chi connectivity index (χ0) is 26.2. The quantitative estimate of drug-likeness (QED) is 0.264. The molecule has 0 aromatic heterocycles. The first-order chi connectivity index (χ1) is 16.4. The monoisotopic (exact) mass is 488 g/mol. The predicted octanol–water partition coefficient (Wildman–Crippen LogP) is 2.87. The van der Waals surface area contributed by atoms with Gasteiger partial charge in [-0.05, 0) is 44.7 Å². The number of dihydropyridines is 1. The number of hydrogen-bond acceptors (Lipinski definition) is 10. The predicted molar refractivity (Wildman–Crippen MR) is 122 cm³/mol. The minimum atomic E-state index is -1.11. The van der Waals surface area contributed by atoms with Crippen LogP contribution in [0.1, 0.15) is 45.6 Å². The molecule has 1 aromatic rings. The van der Waals surface area contributed by atoms with Crippen LogP contribution < -0.4 is 10.1 Å². The van der Waals surface area contributed by atoms with Crippen molar-refractivity contribution in [2.75, 3.05) is 14.2 Å². The second-order valence-electron chi connectivity index (χ2n) is 8.84. The average molecular weight is 488 g/mol. The van der Waals surface area contributed by atoms with Crippen LogP contribution in [-0.2, 0) is 23.9 Å². The van der Waals surface area contributed by atoms with E-state index in [1.54, 1.807) is 27.7 Å². The zero-order valence-corrected chi connectivity index (χ0v) is 20.3. The number of ether oxygens (including phenoxy) is 3. The van der Waals surface area contributed by atoms with Gasteiger partial charge in [0.2, 0.25) is 5.75 Å². The van der Waals surface area contributed by atoms with Crippen LogP contribution in [0.4, 0.5) is 5.69 Å². The minimum Gasteiger partial charge on any atom is -0.500 e. The molecular weight excluding hydrogens is 460 g/mol. The topological polar surface area (TPSA) is 154 Å². The van der Waals surface area contributed by atoms with Gasteiger partial charge in [-0.1, -0.05) is 6.92 Å². The van der Waals surface area contributed by atoms with Gasteiger partial charge in [0.05, 0.1) is 30.8 Å². The van der Waals surface area contributed by atoms with E-state index in [9.17, 15) is 29.6 Å². The number of aromatic hydroxyl groups is 1. The van der Waals surface area contributed by atoms with Crippen molar-refractivity contribution in [1.29, 1.82) is 0 Å². The van der Waals surface area contributed by atoms with Crippen molar-refractivity contribution in [2.45, 2.75) is 46.1 Å². The number of Topliss-reactive ketones (excluding diaryl/α,β-unsaturated/α-hetero) is 1. The summed E-state index contributed by atoms with van der Waals surface area (Å²) in [7, 11) is 2.41. The molecule has 0 bridgehead atoms. The fourth-order valence-corrected chi connectivity index (χ4v) is 4.64. The Labute approximate surface area is 201 Å². The fraction of sp³-hybridized carbons (Fsp3) is 0.458. The number of phenolic OH excluding ortho intramolecular Hbond substituents is 1. The van der Waals surface area contributed by atoms with Gasteiger partial charge in [0, 0.05) is 29.0 Å². The molecule has 0 amide bonds. The summed E-state index contributed by atoms with van der Waals surface area (Å²) in [5.74, 6) is -5.49. The van der Waals surface area contributed by atoms with E-state index in [0.29, 0.717) is 17.8 Å². The van der Waals surface area contributed by atoms with Gasteiger partial charge < -0.3 is 24.6 Å². The van der Waals surface area contributed by atoms with Crippen LogP contribution in [0.15, 0.2) is 34.7 Å². The normalized spacial score (nSPS) is 21.9. The zero-order valence-electron chi connectivity index (χ0n) is 20.3. The lowest BCUT2D eigenvalue weighted by molar-refractivity contribution is -0.386. The number of methoxy groups -OCH3 is 2. The maximum atomic E-state index is 13.7. The number of ketones is 1. The molecule has 0 fully saturated rings. The Morgan fingerprint density at radius 1 is 1.26 bits per heavy atom. The largest absolute Gasteiger partial charge is 0.500 e. The number of hydrogen-bond donors (Lipinski definition) is 2. The molecule has 0 saturated heterocycles. The molecule has 2 aliphatic rings. The Hall–Kier alpha value is -3.89. The van der Waals surface area contributed by atoms with Gasteiger partial charge in [-0.3, -0.25) is 19.7 Å². The second-order valence-corrected chi connectivity index (χ2v) is 8.84. The third kappa shape index (κ3) is 4.58. The highest BCUT2D eigenvalue weighted by molar-refractivity contribution is 6.12. The van der Waals surface area contributed by atoms with Gasteiger partial charge >= 0.3 is 17.6 Å². The van der Waals surface area contributed by atoms with E-state index in [0.717, 1.165) is 6.07 Å². The SMILES string of the molecule is COC(=O)[C@@H]1C(=O)C2=C(C[C@@H]1C)NC(C)=C(C(=O)OC(C)C)[C@@H]2c1cc(OC)c(O)c([N+](=O)[O-])c1. The summed E-state index contributed by atoms with van der Waals surface area (Å²) in [6.07, 6.45) is -0.175. The van der Waals surface area contributed by atoms with Crippen LogP contribution in [0.25, 0.3) is 0 Å². The number of nitro groups is 1. The number of nitrogens with one attached hydrogen (secondary N) is 1. The van der Waals surface area contributed by atoms with Crippen molar-refractivity contribution >= 4 is 23.4 Å². The molecule has 2 N–H and O–H groups in total. The average Bonchev–Trinajstić information content (AvgIpc) is 2.77. The molecule has 1 aliphatic heterocycles. The Kier molecular flexibility index (Phi) is 7.18. The molecule has 188 valence electrons. The van der Waals surface area contributed by atoms with Gasteiger partial charge in [-0.25, -0.2) is 4.79 Å². The van der Waals surface area contributed by atoms with Gasteiger partial charge in [-0.2, -0.15) is 0 Å².